The second-order valence-corrected chi connectivity index (χ2v) is 11.3. The molecule has 0 aromatic heterocycles. The Morgan fingerprint density at radius 1 is 1.03 bits per heavy atom. The monoisotopic (exact) mass is 465 g/mol. The average Bonchev–Trinajstić information content (AvgIpc) is 3.27. The predicted octanol–water partition coefficient (Wildman–Crippen LogP) is 4.70. The summed E-state index contributed by atoms with van der Waals surface area (Å²) in [5.41, 5.74) is 2.53. The van der Waals surface area contributed by atoms with Crippen LogP contribution in [0.3, 0.4) is 0 Å². The molecule has 0 radical (unpaired) electrons. The van der Waals surface area contributed by atoms with Crippen molar-refractivity contribution in [3.8, 4) is 0 Å². The summed E-state index contributed by atoms with van der Waals surface area (Å²) in [6.45, 7) is 5.44. The second-order valence-electron chi connectivity index (χ2n) is 9.50. The summed E-state index contributed by atoms with van der Waals surface area (Å²) in [7, 11) is 0.385. The second kappa shape index (κ2) is 10.2. The highest BCUT2D eigenvalue weighted by molar-refractivity contribution is 7.89. The molecular formula is C27H35N3O2S. The fourth-order valence-corrected chi connectivity index (χ4v) is 5.91. The van der Waals surface area contributed by atoms with Crippen LogP contribution in [-0.2, 0) is 10.0 Å². The van der Waals surface area contributed by atoms with Crippen molar-refractivity contribution in [1.29, 1.82) is 0 Å². The molecule has 1 aliphatic rings. The first kappa shape index (κ1) is 23.7. The van der Waals surface area contributed by atoms with Gasteiger partial charge in [0.1, 0.15) is 0 Å². The first-order valence-electron chi connectivity index (χ1n) is 11.8. The Hall–Kier alpha value is -2.41. The Kier molecular flexibility index (Phi) is 7.37. The van der Waals surface area contributed by atoms with Crippen molar-refractivity contribution in [3.05, 3.63) is 72.3 Å². The molecule has 1 fully saturated rings. The molecule has 1 N–H and O–H groups in total. The fourth-order valence-electron chi connectivity index (χ4n) is 4.89. The molecular weight excluding hydrogens is 430 g/mol. The summed E-state index contributed by atoms with van der Waals surface area (Å²) >= 11 is 0. The maximum atomic E-state index is 12.5. The molecule has 0 saturated carbocycles. The van der Waals surface area contributed by atoms with Gasteiger partial charge in [-0.05, 0) is 79.4 Å². The van der Waals surface area contributed by atoms with Crippen molar-refractivity contribution in [3.63, 3.8) is 0 Å². The Morgan fingerprint density at radius 2 is 1.76 bits per heavy atom. The van der Waals surface area contributed by atoms with Gasteiger partial charge >= 0.3 is 0 Å². The van der Waals surface area contributed by atoms with E-state index in [-0.39, 0.29) is 0 Å². The third kappa shape index (κ3) is 5.75. The van der Waals surface area contributed by atoms with Crippen LogP contribution in [0.25, 0.3) is 10.8 Å². The normalized spacial score (nSPS) is 17.7. The van der Waals surface area contributed by atoms with Crippen LogP contribution < -0.4 is 9.62 Å². The lowest BCUT2D eigenvalue weighted by atomic mass is 9.87. The summed E-state index contributed by atoms with van der Waals surface area (Å²) in [4.78, 5) is 4.66. The Balaban J connectivity index is 1.37. The van der Waals surface area contributed by atoms with Gasteiger partial charge in [0.15, 0.2) is 0 Å². The lowest BCUT2D eigenvalue weighted by Crippen LogP contribution is -2.31. The van der Waals surface area contributed by atoms with Gasteiger partial charge in [0.2, 0.25) is 10.0 Å². The van der Waals surface area contributed by atoms with Gasteiger partial charge in [0.05, 0.1) is 4.90 Å². The molecule has 0 spiro atoms. The van der Waals surface area contributed by atoms with Crippen molar-refractivity contribution in [2.45, 2.75) is 30.6 Å². The van der Waals surface area contributed by atoms with Crippen LogP contribution in [0.1, 0.15) is 31.2 Å². The van der Waals surface area contributed by atoms with E-state index < -0.39 is 10.0 Å². The van der Waals surface area contributed by atoms with E-state index in [9.17, 15) is 8.42 Å². The first-order valence-corrected chi connectivity index (χ1v) is 13.3. The molecule has 1 aliphatic heterocycles. The molecule has 1 heterocycles. The number of rotatable bonds is 9. The number of hydrogen-bond acceptors (Lipinski definition) is 4. The molecule has 0 bridgehead atoms. The summed E-state index contributed by atoms with van der Waals surface area (Å²) in [5.74, 6) is 1.14. The maximum absolute atomic E-state index is 12.5. The van der Waals surface area contributed by atoms with Crippen LogP contribution in [0.4, 0.5) is 5.69 Å². The molecule has 6 heteroatoms. The van der Waals surface area contributed by atoms with Gasteiger partial charge < -0.3 is 9.80 Å². The molecule has 3 aromatic rings. The maximum Gasteiger partial charge on any atom is 0.240 e. The molecule has 33 heavy (non-hydrogen) atoms. The minimum atomic E-state index is -3.47. The first-order chi connectivity index (χ1) is 15.8. The smallest absolute Gasteiger partial charge is 0.240 e. The zero-order chi connectivity index (χ0) is 23.4. The third-order valence-corrected chi connectivity index (χ3v) is 8.17. The Morgan fingerprint density at radius 3 is 2.52 bits per heavy atom. The van der Waals surface area contributed by atoms with Gasteiger partial charge in [-0.2, -0.15) is 0 Å². The van der Waals surface area contributed by atoms with E-state index in [4.69, 9.17) is 0 Å². The van der Waals surface area contributed by atoms with Gasteiger partial charge in [-0.25, -0.2) is 13.1 Å². The quantitative estimate of drug-likeness (QED) is 0.498. The van der Waals surface area contributed by atoms with E-state index in [0.29, 0.717) is 29.8 Å². The number of hydrogen-bond donors (Lipinski definition) is 1. The summed E-state index contributed by atoms with van der Waals surface area (Å²) in [6, 6.07) is 22.6. The number of fused-ring (bicyclic) bond motifs is 1. The number of anilines is 1. The zero-order valence-corrected chi connectivity index (χ0v) is 20.7. The Bertz CT molecular complexity index is 1170. The molecule has 1 saturated heterocycles. The lowest BCUT2D eigenvalue weighted by Gasteiger charge is -2.21. The molecule has 4 rings (SSSR count). The fraction of sp³-hybridized carbons (Fsp3) is 0.407. The average molecular weight is 466 g/mol. The number of nitrogens with zero attached hydrogens (tertiary/aromatic N) is 2. The minimum absolute atomic E-state index is 0.324. The van der Waals surface area contributed by atoms with Crippen LogP contribution in [0.2, 0.25) is 0 Å². The topological polar surface area (TPSA) is 52.7 Å². The SMILES string of the molecule is C[C@@H](C[C@H]1CCN(c2ccc(S(=O)(=O)NCCN(C)C)cc2)C1)c1cccc2ccccc12. The van der Waals surface area contributed by atoms with E-state index in [1.54, 1.807) is 12.1 Å². The van der Waals surface area contributed by atoms with Crippen LogP contribution in [0.5, 0.6) is 0 Å². The molecule has 5 nitrogen and oxygen atoms in total. The van der Waals surface area contributed by atoms with Crippen LogP contribution in [0.15, 0.2) is 71.6 Å². The van der Waals surface area contributed by atoms with E-state index in [2.05, 4.69) is 59.0 Å². The summed E-state index contributed by atoms with van der Waals surface area (Å²) in [5, 5.41) is 2.67. The molecule has 176 valence electrons. The van der Waals surface area contributed by atoms with E-state index >= 15 is 0 Å². The third-order valence-electron chi connectivity index (χ3n) is 6.69. The predicted molar refractivity (Wildman–Crippen MR) is 137 cm³/mol. The van der Waals surface area contributed by atoms with Crippen LogP contribution >= 0.6 is 0 Å². The van der Waals surface area contributed by atoms with Crippen LogP contribution in [-0.4, -0.2) is 53.6 Å². The largest absolute Gasteiger partial charge is 0.371 e. The van der Waals surface area contributed by atoms with Gasteiger partial charge in [-0.1, -0.05) is 49.4 Å². The van der Waals surface area contributed by atoms with Crippen molar-refractivity contribution < 1.29 is 8.42 Å². The van der Waals surface area contributed by atoms with Gasteiger partial charge in [0.25, 0.3) is 0 Å². The van der Waals surface area contributed by atoms with Crippen molar-refractivity contribution >= 4 is 26.5 Å². The zero-order valence-electron chi connectivity index (χ0n) is 19.9. The molecule has 2 atom stereocenters. The van der Waals surface area contributed by atoms with Crippen molar-refractivity contribution in [2.75, 3.05) is 45.2 Å². The van der Waals surface area contributed by atoms with Gasteiger partial charge in [0, 0.05) is 31.9 Å². The number of nitrogens with one attached hydrogen (secondary N) is 1. The highest BCUT2D eigenvalue weighted by Crippen LogP contribution is 2.34. The standard InChI is InChI=1S/C27H35N3O2S/c1-21(26-10-6-8-23-7-4-5-9-27(23)26)19-22-15-17-30(20-22)24-11-13-25(14-12-24)33(31,32)28-16-18-29(2)3/h4-14,21-22,28H,15-20H2,1-3H3/t21-,22+/m0/s1. The van der Waals surface area contributed by atoms with Crippen LogP contribution in [0, 0.1) is 5.92 Å². The van der Waals surface area contributed by atoms with Gasteiger partial charge in [-0.15, -0.1) is 0 Å². The summed E-state index contributed by atoms with van der Waals surface area (Å²) < 4.78 is 27.7. The lowest BCUT2D eigenvalue weighted by molar-refractivity contribution is 0.412. The molecule has 0 unspecified atom stereocenters. The minimum Gasteiger partial charge on any atom is -0.371 e. The molecule has 3 aromatic carbocycles. The summed E-state index contributed by atoms with van der Waals surface area (Å²) in [6.07, 6.45) is 2.33. The number of likely N-dealkylation sites (N-methyl/N-ethyl adjacent to an activating group) is 1. The molecule has 0 amide bonds. The number of sulfonamides is 1. The molecule has 0 aliphatic carbocycles. The Labute approximate surface area is 198 Å². The number of benzene rings is 3. The van der Waals surface area contributed by atoms with Crippen molar-refractivity contribution in [2.24, 2.45) is 5.92 Å². The van der Waals surface area contributed by atoms with Gasteiger partial charge in [-0.3, -0.25) is 0 Å². The van der Waals surface area contributed by atoms with E-state index in [1.807, 2.05) is 31.1 Å². The van der Waals surface area contributed by atoms with E-state index in [1.165, 1.54) is 22.8 Å². The highest BCUT2D eigenvalue weighted by Gasteiger charge is 2.25. The highest BCUT2D eigenvalue weighted by atomic mass is 32.2. The van der Waals surface area contributed by atoms with Crippen molar-refractivity contribution in [1.82, 2.24) is 9.62 Å². The van der Waals surface area contributed by atoms with E-state index in [0.717, 1.165) is 25.2 Å².